The Morgan fingerprint density at radius 3 is 2.63 bits per heavy atom. The molecule has 1 heterocycles. The highest BCUT2D eigenvalue weighted by Gasteiger charge is 2.20. The maximum Gasteiger partial charge on any atom is 0.323 e. The average Bonchev–Trinajstić information content (AvgIpc) is 2.83. The molecule has 0 amide bonds. The summed E-state index contributed by atoms with van der Waals surface area (Å²) < 4.78 is 1.03. The minimum atomic E-state index is -0.827. The van der Waals surface area contributed by atoms with E-state index in [9.17, 15) is 4.79 Å². The van der Waals surface area contributed by atoms with E-state index in [4.69, 9.17) is 5.11 Å². The molecule has 19 heavy (non-hydrogen) atoms. The van der Waals surface area contributed by atoms with E-state index >= 15 is 0 Å². The third-order valence-corrected chi connectivity index (χ3v) is 4.72. The van der Waals surface area contributed by atoms with Gasteiger partial charge >= 0.3 is 5.97 Å². The third kappa shape index (κ3) is 3.58. The molecule has 1 unspecified atom stereocenters. The van der Waals surface area contributed by atoms with Crippen LogP contribution in [0.15, 0.2) is 46.3 Å². The van der Waals surface area contributed by atoms with Gasteiger partial charge in [-0.3, -0.25) is 4.79 Å². The number of carbonyl (C=O) groups is 1. The molecular formula is C14H14BrNO2S. The first-order valence-electron chi connectivity index (χ1n) is 5.85. The lowest BCUT2D eigenvalue weighted by molar-refractivity contribution is -0.135. The summed E-state index contributed by atoms with van der Waals surface area (Å²) >= 11 is 5.06. The number of para-hydroxylation sites is 1. The molecule has 1 aromatic carbocycles. The van der Waals surface area contributed by atoms with Crippen molar-refractivity contribution in [1.29, 1.82) is 0 Å². The largest absolute Gasteiger partial charge is 0.480 e. The Hall–Kier alpha value is -1.33. The topological polar surface area (TPSA) is 40.5 Å². The molecule has 0 aliphatic heterocycles. The maximum atomic E-state index is 11.1. The molecule has 1 N–H and O–H groups in total. The number of hydrogen-bond acceptors (Lipinski definition) is 3. The second-order valence-electron chi connectivity index (χ2n) is 4.20. The standard InChI is InChI=1S/C14H14BrNO2S/c1-10(13-7-11(15)9-19-13)16(8-14(17)18)12-5-3-2-4-6-12/h2-7,9-10H,8H2,1H3,(H,17,18). The Morgan fingerprint density at radius 2 is 2.11 bits per heavy atom. The zero-order valence-electron chi connectivity index (χ0n) is 10.4. The average molecular weight is 340 g/mol. The summed E-state index contributed by atoms with van der Waals surface area (Å²) in [4.78, 5) is 14.1. The van der Waals surface area contributed by atoms with Gasteiger partial charge in [0.05, 0.1) is 6.04 Å². The molecule has 5 heteroatoms. The monoisotopic (exact) mass is 339 g/mol. The van der Waals surface area contributed by atoms with Gasteiger partial charge in [0.15, 0.2) is 0 Å². The number of thiophene rings is 1. The van der Waals surface area contributed by atoms with E-state index in [0.29, 0.717) is 0 Å². The van der Waals surface area contributed by atoms with E-state index in [1.165, 1.54) is 0 Å². The van der Waals surface area contributed by atoms with Crippen molar-refractivity contribution >= 4 is 38.9 Å². The number of carboxylic acids is 1. The van der Waals surface area contributed by atoms with Crippen molar-refractivity contribution in [2.24, 2.45) is 0 Å². The first-order valence-corrected chi connectivity index (χ1v) is 7.52. The molecular weight excluding hydrogens is 326 g/mol. The molecule has 0 saturated carbocycles. The molecule has 100 valence electrons. The Balaban J connectivity index is 2.30. The number of nitrogens with zero attached hydrogens (tertiary/aromatic N) is 1. The number of benzene rings is 1. The van der Waals surface area contributed by atoms with Crippen LogP contribution in [-0.2, 0) is 4.79 Å². The molecule has 1 aromatic heterocycles. The molecule has 0 saturated heterocycles. The second kappa shape index (κ2) is 6.21. The second-order valence-corrected chi connectivity index (χ2v) is 6.06. The van der Waals surface area contributed by atoms with Crippen LogP contribution in [-0.4, -0.2) is 17.6 Å². The molecule has 2 aromatic rings. The highest BCUT2D eigenvalue weighted by molar-refractivity contribution is 9.10. The van der Waals surface area contributed by atoms with Gasteiger partial charge in [-0.1, -0.05) is 18.2 Å². The van der Waals surface area contributed by atoms with Gasteiger partial charge < -0.3 is 10.0 Å². The number of carboxylic acid groups (broad SMARTS) is 1. The van der Waals surface area contributed by atoms with Crippen LogP contribution in [0, 0.1) is 0 Å². The fraction of sp³-hybridized carbons (Fsp3) is 0.214. The molecule has 0 aliphatic carbocycles. The van der Waals surface area contributed by atoms with Crippen molar-refractivity contribution in [2.45, 2.75) is 13.0 Å². The molecule has 1 atom stereocenters. The molecule has 2 rings (SSSR count). The SMILES string of the molecule is CC(c1cc(Br)cs1)N(CC(=O)O)c1ccccc1. The predicted octanol–water partition coefficient (Wildman–Crippen LogP) is 4.16. The van der Waals surface area contributed by atoms with Gasteiger partial charge in [0.1, 0.15) is 6.54 Å². The zero-order valence-corrected chi connectivity index (χ0v) is 12.8. The Morgan fingerprint density at radius 1 is 1.42 bits per heavy atom. The summed E-state index contributed by atoms with van der Waals surface area (Å²) in [7, 11) is 0. The quantitative estimate of drug-likeness (QED) is 0.888. The molecule has 0 aliphatic rings. The summed E-state index contributed by atoms with van der Waals surface area (Å²) in [6, 6.07) is 11.7. The Bertz CT molecular complexity index is 556. The maximum absolute atomic E-state index is 11.1. The van der Waals surface area contributed by atoms with E-state index in [1.807, 2.05) is 53.6 Å². The molecule has 3 nitrogen and oxygen atoms in total. The van der Waals surface area contributed by atoms with Crippen molar-refractivity contribution in [3.05, 3.63) is 51.1 Å². The van der Waals surface area contributed by atoms with Crippen LogP contribution in [0.25, 0.3) is 0 Å². The highest BCUT2D eigenvalue weighted by atomic mass is 79.9. The minimum absolute atomic E-state index is 0.0132. The number of hydrogen-bond donors (Lipinski definition) is 1. The van der Waals surface area contributed by atoms with Crippen molar-refractivity contribution in [3.63, 3.8) is 0 Å². The number of aliphatic carboxylic acids is 1. The fourth-order valence-corrected chi connectivity index (χ4v) is 3.43. The normalized spacial score (nSPS) is 12.1. The summed E-state index contributed by atoms with van der Waals surface area (Å²) in [6.45, 7) is 2.01. The first-order chi connectivity index (χ1) is 9.08. The number of anilines is 1. The van der Waals surface area contributed by atoms with Gasteiger partial charge in [-0.05, 0) is 41.1 Å². The van der Waals surface area contributed by atoms with Gasteiger partial charge in [-0.25, -0.2) is 0 Å². The Labute approximate surface area is 124 Å². The fourth-order valence-electron chi connectivity index (χ4n) is 1.92. The Kier molecular flexibility index (Phi) is 4.61. The van der Waals surface area contributed by atoms with Crippen molar-refractivity contribution in [3.8, 4) is 0 Å². The van der Waals surface area contributed by atoms with Crippen LogP contribution in [0.4, 0.5) is 5.69 Å². The third-order valence-electron chi connectivity index (χ3n) is 2.86. The zero-order chi connectivity index (χ0) is 13.8. The van der Waals surface area contributed by atoms with Crippen LogP contribution >= 0.6 is 27.3 Å². The van der Waals surface area contributed by atoms with Crippen LogP contribution in [0.1, 0.15) is 17.8 Å². The number of rotatable bonds is 5. The van der Waals surface area contributed by atoms with Crippen LogP contribution in [0.2, 0.25) is 0 Å². The van der Waals surface area contributed by atoms with Crippen molar-refractivity contribution in [2.75, 3.05) is 11.4 Å². The molecule has 0 bridgehead atoms. The van der Waals surface area contributed by atoms with Gasteiger partial charge in [0.2, 0.25) is 0 Å². The summed E-state index contributed by atoms with van der Waals surface area (Å²) in [6.07, 6.45) is 0. The van der Waals surface area contributed by atoms with Crippen molar-refractivity contribution < 1.29 is 9.90 Å². The summed E-state index contributed by atoms with van der Waals surface area (Å²) in [5.74, 6) is -0.827. The van der Waals surface area contributed by atoms with Crippen LogP contribution in [0.5, 0.6) is 0 Å². The summed E-state index contributed by atoms with van der Waals surface area (Å²) in [5.41, 5.74) is 0.918. The number of halogens is 1. The minimum Gasteiger partial charge on any atom is -0.480 e. The molecule has 0 radical (unpaired) electrons. The van der Waals surface area contributed by atoms with Gasteiger partial charge in [0.25, 0.3) is 0 Å². The van der Waals surface area contributed by atoms with Gasteiger partial charge in [0, 0.05) is 20.4 Å². The van der Waals surface area contributed by atoms with E-state index in [-0.39, 0.29) is 12.6 Å². The lowest BCUT2D eigenvalue weighted by Gasteiger charge is -2.29. The van der Waals surface area contributed by atoms with E-state index < -0.39 is 5.97 Å². The summed E-state index contributed by atoms with van der Waals surface area (Å²) in [5, 5.41) is 11.1. The van der Waals surface area contributed by atoms with E-state index in [1.54, 1.807) is 11.3 Å². The van der Waals surface area contributed by atoms with Gasteiger partial charge in [-0.2, -0.15) is 0 Å². The van der Waals surface area contributed by atoms with Crippen LogP contribution in [0.3, 0.4) is 0 Å². The lowest BCUT2D eigenvalue weighted by Crippen LogP contribution is -2.31. The lowest BCUT2D eigenvalue weighted by atomic mass is 10.2. The first kappa shape index (κ1) is 14.1. The highest BCUT2D eigenvalue weighted by Crippen LogP contribution is 2.32. The molecule has 0 spiro atoms. The van der Waals surface area contributed by atoms with E-state index in [2.05, 4.69) is 15.9 Å². The van der Waals surface area contributed by atoms with Gasteiger partial charge in [-0.15, -0.1) is 11.3 Å². The smallest absolute Gasteiger partial charge is 0.323 e. The van der Waals surface area contributed by atoms with Crippen LogP contribution < -0.4 is 4.90 Å². The predicted molar refractivity (Wildman–Crippen MR) is 81.9 cm³/mol. The van der Waals surface area contributed by atoms with Crippen molar-refractivity contribution in [1.82, 2.24) is 0 Å². The molecule has 0 fully saturated rings. The van der Waals surface area contributed by atoms with E-state index in [0.717, 1.165) is 15.0 Å².